The predicted molar refractivity (Wildman–Crippen MR) is 55.6 cm³/mol. The fourth-order valence-electron chi connectivity index (χ4n) is 0.828. The average Bonchev–Trinajstić information content (AvgIpc) is 1.94. The van der Waals surface area contributed by atoms with E-state index in [9.17, 15) is 12.3 Å². The molecule has 0 fully saturated rings. The van der Waals surface area contributed by atoms with Crippen molar-refractivity contribution in [1.82, 2.24) is 0 Å². The van der Waals surface area contributed by atoms with Gasteiger partial charge in [0, 0.05) is 8.95 Å². The van der Waals surface area contributed by atoms with Gasteiger partial charge in [-0.25, -0.2) is 0 Å². The van der Waals surface area contributed by atoms with Crippen LogP contribution < -0.4 is 0 Å². The summed E-state index contributed by atoms with van der Waals surface area (Å²) in [5.41, 5.74) is 0.414. The molecule has 0 spiro atoms. The van der Waals surface area contributed by atoms with Crippen LogP contribution in [0.25, 0.3) is 0 Å². The Balaban J connectivity index is 2.99. The first kappa shape index (κ1) is 11.1. The van der Waals surface area contributed by atoms with Crippen LogP contribution in [-0.2, 0) is 16.0 Å². The lowest BCUT2D eigenvalue weighted by atomic mass is 10.2. The Morgan fingerprint density at radius 2 is 1.85 bits per heavy atom. The third kappa shape index (κ3) is 3.74. The van der Waals surface area contributed by atoms with Crippen LogP contribution in [0.1, 0.15) is 5.56 Å². The summed E-state index contributed by atoms with van der Waals surface area (Å²) in [6, 6.07) is 4.76. The van der Waals surface area contributed by atoms with Crippen LogP contribution >= 0.6 is 31.9 Å². The molecule has 0 saturated carbocycles. The first-order valence-electron chi connectivity index (χ1n) is 3.25. The van der Waals surface area contributed by atoms with E-state index in [0.717, 1.165) is 4.47 Å². The molecule has 1 aromatic carbocycles. The SMILES string of the molecule is O=S(=O)(F)Cc1ccc(Br)c(Br)c1. The van der Waals surface area contributed by atoms with Gasteiger partial charge in [-0.1, -0.05) is 6.07 Å². The minimum atomic E-state index is -4.44. The summed E-state index contributed by atoms with van der Waals surface area (Å²) in [6.45, 7) is 0. The Labute approximate surface area is 92.6 Å². The molecule has 0 aliphatic heterocycles. The van der Waals surface area contributed by atoms with Crippen molar-refractivity contribution in [3.8, 4) is 0 Å². The molecular formula is C7H5Br2FO2S. The van der Waals surface area contributed by atoms with Gasteiger partial charge in [0.15, 0.2) is 0 Å². The van der Waals surface area contributed by atoms with E-state index in [4.69, 9.17) is 0 Å². The maximum absolute atomic E-state index is 12.3. The van der Waals surface area contributed by atoms with Gasteiger partial charge >= 0.3 is 10.2 Å². The molecule has 6 heteroatoms. The van der Waals surface area contributed by atoms with Crippen molar-refractivity contribution >= 4 is 42.1 Å². The molecule has 0 aromatic heterocycles. The zero-order chi connectivity index (χ0) is 10.1. The Bertz CT molecular complexity index is 417. The molecule has 0 aliphatic carbocycles. The van der Waals surface area contributed by atoms with E-state index in [1.54, 1.807) is 18.2 Å². The molecule has 0 radical (unpaired) electrons. The normalized spacial score (nSPS) is 11.6. The largest absolute Gasteiger partial charge is 0.306 e. The van der Waals surface area contributed by atoms with Gasteiger partial charge in [0.1, 0.15) is 5.75 Å². The van der Waals surface area contributed by atoms with Crippen LogP contribution in [0, 0.1) is 0 Å². The van der Waals surface area contributed by atoms with Crippen LogP contribution in [-0.4, -0.2) is 8.42 Å². The first-order chi connectivity index (χ1) is 5.88. The van der Waals surface area contributed by atoms with E-state index in [2.05, 4.69) is 31.9 Å². The second kappa shape index (κ2) is 4.06. The molecule has 0 atom stereocenters. The molecule has 0 bridgehead atoms. The van der Waals surface area contributed by atoms with Gasteiger partial charge in [-0.05, 0) is 49.6 Å². The zero-order valence-electron chi connectivity index (χ0n) is 6.30. The van der Waals surface area contributed by atoms with Crippen LogP contribution in [0.5, 0.6) is 0 Å². The molecule has 72 valence electrons. The highest BCUT2D eigenvalue weighted by atomic mass is 79.9. The number of benzene rings is 1. The standard InChI is InChI=1S/C7H5Br2FO2S/c8-6-2-1-5(3-7(6)9)4-13(10,11)12/h1-3H,4H2. The third-order valence-corrected chi connectivity index (χ3v) is 3.88. The number of hydrogen-bond acceptors (Lipinski definition) is 2. The summed E-state index contributed by atoms with van der Waals surface area (Å²) in [7, 11) is -4.44. The van der Waals surface area contributed by atoms with Gasteiger partial charge in [-0.15, -0.1) is 3.89 Å². The van der Waals surface area contributed by atoms with E-state index in [-0.39, 0.29) is 0 Å². The Hall–Kier alpha value is 0.0600. The summed E-state index contributed by atoms with van der Waals surface area (Å²) in [6.07, 6.45) is 0. The van der Waals surface area contributed by atoms with E-state index < -0.39 is 16.0 Å². The van der Waals surface area contributed by atoms with E-state index in [1.807, 2.05) is 0 Å². The second-order valence-electron chi connectivity index (χ2n) is 2.43. The van der Waals surface area contributed by atoms with Gasteiger partial charge in [0.2, 0.25) is 0 Å². The predicted octanol–water partition coefficient (Wildman–Crippen LogP) is 3.01. The van der Waals surface area contributed by atoms with Crippen molar-refractivity contribution in [2.45, 2.75) is 5.75 Å². The van der Waals surface area contributed by atoms with Crippen molar-refractivity contribution in [2.75, 3.05) is 0 Å². The molecule has 0 heterocycles. The van der Waals surface area contributed by atoms with Crippen molar-refractivity contribution < 1.29 is 12.3 Å². The zero-order valence-corrected chi connectivity index (χ0v) is 10.3. The molecule has 13 heavy (non-hydrogen) atoms. The minimum Gasteiger partial charge on any atom is -0.194 e. The lowest BCUT2D eigenvalue weighted by Crippen LogP contribution is -1.95. The summed E-state index contributed by atoms with van der Waals surface area (Å²) < 4.78 is 34.4. The topological polar surface area (TPSA) is 34.1 Å². The van der Waals surface area contributed by atoms with E-state index in [0.29, 0.717) is 10.0 Å². The maximum Gasteiger partial charge on any atom is 0.306 e. The fourth-order valence-corrected chi connectivity index (χ4v) is 2.08. The van der Waals surface area contributed by atoms with Crippen LogP contribution in [0.15, 0.2) is 27.1 Å². The van der Waals surface area contributed by atoms with Crippen LogP contribution in [0.2, 0.25) is 0 Å². The van der Waals surface area contributed by atoms with E-state index >= 15 is 0 Å². The lowest BCUT2D eigenvalue weighted by molar-refractivity contribution is 0.551. The second-order valence-corrected chi connectivity index (χ2v) is 5.51. The highest BCUT2D eigenvalue weighted by Crippen LogP contribution is 2.24. The minimum absolute atomic E-state index is 0.414. The van der Waals surface area contributed by atoms with Gasteiger partial charge in [-0.3, -0.25) is 0 Å². The van der Waals surface area contributed by atoms with Gasteiger partial charge < -0.3 is 0 Å². The van der Waals surface area contributed by atoms with Crippen molar-refractivity contribution in [3.05, 3.63) is 32.7 Å². The number of halogens is 3. The van der Waals surface area contributed by atoms with Crippen LogP contribution in [0.4, 0.5) is 3.89 Å². The highest BCUT2D eigenvalue weighted by Gasteiger charge is 2.09. The molecule has 0 amide bonds. The monoisotopic (exact) mass is 330 g/mol. The quantitative estimate of drug-likeness (QED) is 0.781. The van der Waals surface area contributed by atoms with Crippen molar-refractivity contribution in [1.29, 1.82) is 0 Å². The van der Waals surface area contributed by atoms with Gasteiger partial charge in [-0.2, -0.15) is 8.42 Å². The molecule has 0 N–H and O–H groups in total. The molecule has 0 unspecified atom stereocenters. The van der Waals surface area contributed by atoms with Crippen LogP contribution in [0.3, 0.4) is 0 Å². The summed E-state index contributed by atoms with van der Waals surface area (Å²) >= 11 is 6.41. The fraction of sp³-hybridized carbons (Fsp3) is 0.143. The lowest BCUT2D eigenvalue weighted by Gasteiger charge is -1.99. The smallest absolute Gasteiger partial charge is 0.194 e. The number of rotatable bonds is 2. The van der Waals surface area contributed by atoms with Crippen molar-refractivity contribution in [2.24, 2.45) is 0 Å². The first-order valence-corrected chi connectivity index (χ1v) is 6.38. The average molecular weight is 332 g/mol. The van der Waals surface area contributed by atoms with E-state index in [1.165, 1.54) is 0 Å². The highest BCUT2D eigenvalue weighted by molar-refractivity contribution is 9.13. The maximum atomic E-state index is 12.3. The molecular weight excluding hydrogens is 327 g/mol. The summed E-state index contributed by atoms with van der Waals surface area (Å²) in [5, 5.41) is 0. The number of hydrogen-bond donors (Lipinski definition) is 0. The molecule has 1 aromatic rings. The van der Waals surface area contributed by atoms with Gasteiger partial charge in [0.25, 0.3) is 0 Å². The molecule has 2 nitrogen and oxygen atoms in total. The molecule has 1 rings (SSSR count). The van der Waals surface area contributed by atoms with Crippen molar-refractivity contribution in [3.63, 3.8) is 0 Å². The molecule has 0 saturated heterocycles. The van der Waals surface area contributed by atoms with Gasteiger partial charge in [0.05, 0.1) is 0 Å². The summed E-state index contributed by atoms with van der Waals surface area (Å²) in [5.74, 6) is -0.584. The third-order valence-electron chi connectivity index (χ3n) is 1.32. The molecule has 0 aliphatic rings. The Kier molecular flexibility index (Phi) is 3.48. The Morgan fingerprint density at radius 3 is 2.31 bits per heavy atom. The Morgan fingerprint density at radius 1 is 1.23 bits per heavy atom. The summed E-state index contributed by atoms with van der Waals surface area (Å²) in [4.78, 5) is 0.